The Balaban J connectivity index is 1.50. The number of piperidine rings is 1. The number of rotatable bonds is 7. The van der Waals surface area contributed by atoms with Gasteiger partial charge in [-0.2, -0.15) is 0 Å². The fraction of sp³-hybridized carbons (Fsp3) is 0.556. The normalized spacial score (nSPS) is 15.8. The summed E-state index contributed by atoms with van der Waals surface area (Å²) in [6.45, 7) is 5.28. The van der Waals surface area contributed by atoms with Crippen LogP contribution in [0.4, 0.5) is 5.69 Å². The fourth-order valence-corrected chi connectivity index (χ4v) is 3.39. The molecule has 1 aliphatic rings. The van der Waals surface area contributed by atoms with Crippen LogP contribution < -0.4 is 5.32 Å². The number of hydrogen-bond acceptors (Lipinski definition) is 6. The lowest BCUT2D eigenvalue weighted by Gasteiger charge is -2.30. The van der Waals surface area contributed by atoms with Crippen molar-refractivity contribution in [2.24, 2.45) is 5.92 Å². The van der Waals surface area contributed by atoms with E-state index in [1.165, 1.54) is 6.07 Å². The van der Waals surface area contributed by atoms with Crippen molar-refractivity contribution in [1.29, 1.82) is 0 Å². The number of phenolic OH excluding ortho intramolecular Hbond substituents is 1. The number of aromatic hydroxyl groups is 1. The van der Waals surface area contributed by atoms with E-state index in [2.05, 4.69) is 32.7 Å². The van der Waals surface area contributed by atoms with Gasteiger partial charge in [-0.3, -0.25) is 9.69 Å². The van der Waals surface area contributed by atoms with Gasteiger partial charge in [0.05, 0.1) is 12.2 Å². The number of carbonyl (C=O) groups is 1. The zero-order valence-electron chi connectivity index (χ0n) is 15.4. The number of halogens is 1. The second-order valence-corrected chi connectivity index (χ2v) is 7.31. The maximum Gasteiger partial charge on any atom is 0.227 e. The summed E-state index contributed by atoms with van der Waals surface area (Å²) in [4.78, 5) is 14.8. The Morgan fingerprint density at radius 1 is 1.37 bits per heavy atom. The Bertz CT molecular complexity index is 773. The quantitative estimate of drug-likeness (QED) is 0.703. The first-order valence-corrected chi connectivity index (χ1v) is 9.71. The van der Waals surface area contributed by atoms with Crippen molar-refractivity contribution >= 4 is 23.2 Å². The molecule has 0 radical (unpaired) electrons. The summed E-state index contributed by atoms with van der Waals surface area (Å²) in [5.41, 5.74) is 0.352. The van der Waals surface area contributed by atoms with Crippen molar-refractivity contribution < 1.29 is 9.90 Å². The topological polar surface area (TPSA) is 96.2 Å². The molecular weight excluding hydrogens is 368 g/mol. The standard InChI is InChI=1S/C18H25ClN6O2/c1-2-3-8-25-17(21-22-23-25)12-24-9-6-13(7-10-24)18(27)20-15-11-14(19)4-5-16(15)26/h4-5,11,13,26H,2-3,6-10,12H2,1H3,(H,20,27). The predicted molar refractivity (Wildman–Crippen MR) is 102 cm³/mol. The minimum Gasteiger partial charge on any atom is -0.506 e. The average molecular weight is 393 g/mol. The third-order valence-electron chi connectivity index (χ3n) is 4.87. The van der Waals surface area contributed by atoms with Crippen molar-refractivity contribution in [2.75, 3.05) is 18.4 Å². The molecule has 146 valence electrons. The first-order valence-electron chi connectivity index (χ1n) is 9.33. The average Bonchev–Trinajstić information content (AvgIpc) is 3.10. The number of nitrogens with zero attached hydrogens (tertiary/aromatic N) is 5. The van der Waals surface area contributed by atoms with E-state index >= 15 is 0 Å². The number of aryl methyl sites for hydroxylation is 1. The van der Waals surface area contributed by atoms with Crippen LogP contribution in [-0.4, -0.2) is 49.2 Å². The van der Waals surface area contributed by atoms with E-state index in [9.17, 15) is 9.90 Å². The van der Waals surface area contributed by atoms with Crippen molar-refractivity contribution in [2.45, 2.75) is 45.7 Å². The van der Waals surface area contributed by atoms with Gasteiger partial charge in [-0.05, 0) is 61.0 Å². The zero-order chi connectivity index (χ0) is 19.2. The van der Waals surface area contributed by atoms with Gasteiger partial charge in [-0.1, -0.05) is 24.9 Å². The number of unbranched alkanes of at least 4 members (excludes halogenated alkanes) is 1. The van der Waals surface area contributed by atoms with Gasteiger partial charge in [0.2, 0.25) is 5.91 Å². The second kappa shape index (κ2) is 9.14. The van der Waals surface area contributed by atoms with E-state index in [-0.39, 0.29) is 17.6 Å². The molecular formula is C18H25ClN6O2. The molecule has 0 spiro atoms. The second-order valence-electron chi connectivity index (χ2n) is 6.87. The van der Waals surface area contributed by atoms with Crippen LogP contribution in [-0.2, 0) is 17.9 Å². The third kappa shape index (κ3) is 5.17. The molecule has 1 aromatic carbocycles. The molecule has 2 N–H and O–H groups in total. The van der Waals surface area contributed by atoms with Gasteiger partial charge in [-0.25, -0.2) is 4.68 Å². The smallest absolute Gasteiger partial charge is 0.227 e. The maximum atomic E-state index is 12.5. The Hall–Kier alpha value is -2.19. The Morgan fingerprint density at radius 2 is 2.15 bits per heavy atom. The summed E-state index contributed by atoms with van der Waals surface area (Å²) in [6.07, 6.45) is 3.66. The van der Waals surface area contributed by atoms with Crippen LogP contribution in [0.1, 0.15) is 38.4 Å². The van der Waals surface area contributed by atoms with Crippen molar-refractivity contribution in [3.63, 3.8) is 0 Å². The van der Waals surface area contributed by atoms with Gasteiger partial charge < -0.3 is 10.4 Å². The highest BCUT2D eigenvalue weighted by atomic mass is 35.5. The predicted octanol–water partition coefficient (Wildman–Crippen LogP) is 2.68. The molecule has 0 unspecified atom stereocenters. The van der Waals surface area contributed by atoms with Crippen molar-refractivity contribution in [3.8, 4) is 5.75 Å². The molecule has 1 amide bonds. The molecule has 2 aromatic rings. The highest BCUT2D eigenvalue weighted by molar-refractivity contribution is 6.31. The number of anilines is 1. The molecule has 8 nitrogen and oxygen atoms in total. The number of aromatic nitrogens is 4. The van der Waals surface area contributed by atoms with Crippen LogP contribution in [0.15, 0.2) is 18.2 Å². The monoisotopic (exact) mass is 392 g/mol. The minimum atomic E-state index is -0.0873. The molecule has 0 aliphatic carbocycles. The summed E-state index contributed by atoms with van der Waals surface area (Å²) in [5, 5.41) is 25.1. The third-order valence-corrected chi connectivity index (χ3v) is 5.10. The molecule has 1 aromatic heterocycles. The van der Waals surface area contributed by atoms with E-state index < -0.39 is 0 Å². The molecule has 1 saturated heterocycles. The Kier molecular flexibility index (Phi) is 6.63. The summed E-state index contributed by atoms with van der Waals surface area (Å²) < 4.78 is 1.87. The number of phenols is 1. The number of nitrogens with one attached hydrogen (secondary N) is 1. The van der Waals surface area contributed by atoms with Crippen molar-refractivity contribution in [3.05, 3.63) is 29.0 Å². The van der Waals surface area contributed by atoms with E-state index in [4.69, 9.17) is 11.6 Å². The first kappa shape index (κ1) is 19.6. The van der Waals surface area contributed by atoms with Gasteiger partial charge in [0, 0.05) is 17.5 Å². The molecule has 0 atom stereocenters. The largest absolute Gasteiger partial charge is 0.506 e. The number of hydrogen-bond donors (Lipinski definition) is 2. The number of benzene rings is 1. The highest BCUT2D eigenvalue weighted by Crippen LogP contribution is 2.28. The van der Waals surface area contributed by atoms with E-state index in [0.29, 0.717) is 17.3 Å². The lowest BCUT2D eigenvalue weighted by Crippen LogP contribution is -2.38. The summed E-state index contributed by atoms with van der Waals surface area (Å²) in [7, 11) is 0. The number of amides is 1. The molecule has 9 heteroatoms. The van der Waals surface area contributed by atoms with Gasteiger partial charge in [0.1, 0.15) is 5.75 Å². The van der Waals surface area contributed by atoms with Crippen LogP contribution in [0, 0.1) is 5.92 Å². The molecule has 2 heterocycles. The van der Waals surface area contributed by atoms with Gasteiger partial charge in [0.15, 0.2) is 5.82 Å². The first-order chi connectivity index (χ1) is 13.1. The highest BCUT2D eigenvalue weighted by Gasteiger charge is 2.26. The molecule has 1 fully saturated rings. The lowest BCUT2D eigenvalue weighted by atomic mass is 9.95. The Morgan fingerprint density at radius 3 is 2.89 bits per heavy atom. The Labute approximate surface area is 163 Å². The molecule has 3 rings (SSSR count). The number of tetrazole rings is 1. The SMILES string of the molecule is CCCCn1nnnc1CN1CCC(C(=O)Nc2cc(Cl)ccc2O)CC1. The minimum absolute atomic E-state index is 0.0177. The molecule has 1 aliphatic heterocycles. The summed E-state index contributed by atoms with van der Waals surface area (Å²) >= 11 is 5.93. The van der Waals surface area contributed by atoms with Gasteiger partial charge in [-0.15, -0.1) is 5.10 Å². The summed E-state index contributed by atoms with van der Waals surface area (Å²) in [6, 6.07) is 4.61. The maximum absolute atomic E-state index is 12.5. The van der Waals surface area contributed by atoms with E-state index in [1.807, 2.05) is 4.68 Å². The van der Waals surface area contributed by atoms with Gasteiger partial charge in [0.25, 0.3) is 0 Å². The van der Waals surface area contributed by atoms with Crippen LogP contribution in [0.2, 0.25) is 5.02 Å². The van der Waals surface area contributed by atoms with Crippen LogP contribution >= 0.6 is 11.6 Å². The lowest BCUT2D eigenvalue weighted by molar-refractivity contribution is -0.121. The van der Waals surface area contributed by atoms with Crippen LogP contribution in [0.25, 0.3) is 0 Å². The van der Waals surface area contributed by atoms with Crippen LogP contribution in [0.5, 0.6) is 5.75 Å². The zero-order valence-corrected chi connectivity index (χ0v) is 16.2. The number of likely N-dealkylation sites (tertiary alicyclic amines) is 1. The molecule has 27 heavy (non-hydrogen) atoms. The van der Waals surface area contributed by atoms with Crippen molar-refractivity contribution in [1.82, 2.24) is 25.1 Å². The van der Waals surface area contributed by atoms with Gasteiger partial charge >= 0.3 is 0 Å². The number of carbonyl (C=O) groups excluding carboxylic acids is 1. The molecule has 0 bridgehead atoms. The van der Waals surface area contributed by atoms with E-state index in [0.717, 1.165) is 51.1 Å². The van der Waals surface area contributed by atoms with E-state index in [1.54, 1.807) is 12.1 Å². The fourth-order valence-electron chi connectivity index (χ4n) is 3.21. The van der Waals surface area contributed by atoms with Crippen LogP contribution in [0.3, 0.4) is 0 Å². The molecule has 0 saturated carbocycles. The summed E-state index contributed by atoms with van der Waals surface area (Å²) in [5.74, 6) is 0.718.